The molecule has 0 aliphatic carbocycles. The van der Waals surface area contributed by atoms with E-state index < -0.39 is 5.97 Å². The summed E-state index contributed by atoms with van der Waals surface area (Å²) in [5.41, 5.74) is 1.22. The minimum absolute atomic E-state index is 0.0815. The fourth-order valence-corrected chi connectivity index (χ4v) is 3.93. The molecule has 126 valence electrons. The Labute approximate surface area is 161 Å². The van der Waals surface area contributed by atoms with Gasteiger partial charge in [-0.25, -0.2) is 4.79 Å². The van der Waals surface area contributed by atoms with E-state index in [4.69, 9.17) is 17.3 Å². The van der Waals surface area contributed by atoms with Crippen LogP contribution in [0.3, 0.4) is 0 Å². The number of aromatic hydroxyl groups is 1. The average molecular weight is 436 g/mol. The maximum Gasteiger partial charge on any atom is 0.335 e. The molecule has 0 bridgehead atoms. The van der Waals surface area contributed by atoms with Crippen LogP contribution in [0.5, 0.6) is 5.75 Å². The van der Waals surface area contributed by atoms with E-state index in [0.717, 1.165) is 17.3 Å². The van der Waals surface area contributed by atoms with Gasteiger partial charge < -0.3 is 10.2 Å². The van der Waals surface area contributed by atoms with Gasteiger partial charge in [0.25, 0.3) is 5.91 Å². The number of amides is 1. The molecule has 0 radical (unpaired) electrons. The van der Waals surface area contributed by atoms with E-state index in [9.17, 15) is 14.7 Å². The highest BCUT2D eigenvalue weighted by Crippen LogP contribution is 2.37. The van der Waals surface area contributed by atoms with Crippen LogP contribution >= 0.6 is 39.9 Å². The van der Waals surface area contributed by atoms with Gasteiger partial charge in [0.1, 0.15) is 5.75 Å². The van der Waals surface area contributed by atoms with Crippen molar-refractivity contribution in [3.8, 4) is 5.75 Å². The van der Waals surface area contributed by atoms with E-state index in [-0.39, 0.29) is 17.2 Å². The van der Waals surface area contributed by atoms with Crippen LogP contribution in [0.4, 0.5) is 5.69 Å². The number of hydrogen-bond acceptors (Lipinski definition) is 5. The first-order chi connectivity index (χ1) is 11.9. The molecule has 1 saturated heterocycles. The zero-order valence-corrected chi connectivity index (χ0v) is 15.7. The second-order valence-corrected chi connectivity index (χ2v) is 7.61. The lowest BCUT2D eigenvalue weighted by molar-refractivity contribution is -0.113. The average Bonchev–Trinajstić information content (AvgIpc) is 2.85. The topological polar surface area (TPSA) is 77.8 Å². The molecule has 1 aliphatic heterocycles. The lowest BCUT2D eigenvalue weighted by atomic mass is 10.2. The number of benzene rings is 2. The fraction of sp³-hybridized carbons (Fsp3) is 0. The van der Waals surface area contributed by atoms with Gasteiger partial charge >= 0.3 is 5.97 Å². The Bertz CT molecular complexity index is 942. The number of carbonyl (C=O) groups is 2. The van der Waals surface area contributed by atoms with Crippen molar-refractivity contribution in [1.29, 1.82) is 0 Å². The Morgan fingerprint density at radius 1 is 1.24 bits per heavy atom. The summed E-state index contributed by atoms with van der Waals surface area (Å²) in [6.45, 7) is 0. The van der Waals surface area contributed by atoms with Crippen molar-refractivity contribution < 1.29 is 19.8 Å². The molecule has 5 nitrogen and oxygen atoms in total. The molecule has 3 rings (SSSR count). The van der Waals surface area contributed by atoms with Crippen LogP contribution in [0.25, 0.3) is 6.08 Å². The highest BCUT2D eigenvalue weighted by atomic mass is 79.9. The van der Waals surface area contributed by atoms with Gasteiger partial charge in [0, 0.05) is 0 Å². The molecule has 8 heteroatoms. The molecule has 1 amide bonds. The van der Waals surface area contributed by atoms with Gasteiger partial charge in [-0.05, 0) is 57.9 Å². The Kier molecular flexibility index (Phi) is 4.94. The zero-order chi connectivity index (χ0) is 18.1. The maximum absolute atomic E-state index is 12.7. The van der Waals surface area contributed by atoms with Crippen LogP contribution in [-0.2, 0) is 4.79 Å². The molecule has 25 heavy (non-hydrogen) atoms. The molecule has 1 heterocycles. The van der Waals surface area contributed by atoms with Gasteiger partial charge in [-0.3, -0.25) is 9.69 Å². The quantitative estimate of drug-likeness (QED) is 0.553. The van der Waals surface area contributed by atoms with Gasteiger partial charge in [-0.15, -0.1) is 0 Å². The van der Waals surface area contributed by atoms with Crippen molar-refractivity contribution in [2.75, 3.05) is 4.90 Å². The molecular formula is C17H10BrNO4S2. The number of carboxylic acid groups (broad SMARTS) is 1. The number of phenols is 1. The summed E-state index contributed by atoms with van der Waals surface area (Å²) >= 11 is 9.65. The second kappa shape index (κ2) is 6.99. The number of halogens is 1. The van der Waals surface area contributed by atoms with Crippen molar-refractivity contribution in [3.05, 3.63) is 63.0 Å². The van der Waals surface area contributed by atoms with Crippen molar-refractivity contribution in [3.63, 3.8) is 0 Å². The molecule has 0 spiro atoms. The Balaban J connectivity index is 1.94. The summed E-state index contributed by atoms with van der Waals surface area (Å²) in [6.07, 6.45) is 1.67. The Hall–Kier alpha value is -2.16. The summed E-state index contributed by atoms with van der Waals surface area (Å²) in [7, 11) is 0. The van der Waals surface area contributed by atoms with Gasteiger partial charge in [-0.1, -0.05) is 36.1 Å². The SMILES string of the molecule is O=C(O)c1cccc(N2C(=O)/C(=C\c3ccc(O)c(Br)c3)SC2=S)c1. The number of carboxylic acids is 1. The number of thiocarbonyl (C=S) groups is 1. The van der Waals surface area contributed by atoms with Crippen LogP contribution in [0.1, 0.15) is 15.9 Å². The predicted octanol–water partition coefficient (Wildman–Crippen LogP) is 4.26. The normalized spacial score (nSPS) is 15.9. The number of phenolic OH excluding ortho intramolecular Hbond substituents is 1. The van der Waals surface area contributed by atoms with Crippen molar-refractivity contribution in [2.45, 2.75) is 0 Å². The molecule has 0 unspecified atom stereocenters. The van der Waals surface area contributed by atoms with Gasteiger partial charge in [0.2, 0.25) is 0 Å². The summed E-state index contributed by atoms with van der Waals surface area (Å²) in [4.78, 5) is 25.5. The van der Waals surface area contributed by atoms with Crippen LogP contribution in [0.15, 0.2) is 51.8 Å². The molecular weight excluding hydrogens is 426 g/mol. The number of hydrogen-bond donors (Lipinski definition) is 2. The number of anilines is 1. The van der Waals surface area contributed by atoms with Crippen LogP contribution in [0.2, 0.25) is 0 Å². The highest BCUT2D eigenvalue weighted by Gasteiger charge is 2.33. The molecule has 0 aromatic heterocycles. The van der Waals surface area contributed by atoms with Crippen LogP contribution in [-0.4, -0.2) is 26.4 Å². The predicted molar refractivity (Wildman–Crippen MR) is 105 cm³/mol. The number of thioether (sulfide) groups is 1. The standard InChI is InChI=1S/C17H10BrNO4S2/c18-12-6-9(4-5-13(12)20)7-14-15(21)19(17(24)25-14)11-3-1-2-10(8-11)16(22)23/h1-8,20H,(H,22,23)/b14-7+. The van der Waals surface area contributed by atoms with E-state index in [1.165, 1.54) is 23.1 Å². The molecule has 1 fully saturated rings. The van der Waals surface area contributed by atoms with Gasteiger partial charge in [0.05, 0.1) is 20.6 Å². The molecule has 2 aromatic rings. The summed E-state index contributed by atoms with van der Waals surface area (Å²) in [5, 5.41) is 18.6. The molecule has 0 atom stereocenters. The van der Waals surface area contributed by atoms with E-state index in [0.29, 0.717) is 19.4 Å². The maximum atomic E-state index is 12.7. The van der Waals surface area contributed by atoms with Gasteiger partial charge in [0.15, 0.2) is 4.32 Å². The first-order valence-corrected chi connectivity index (χ1v) is 8.98. The third-order valence-corrected chi connectivity index (χ3v) is 5.35. The third kappa shape index (κ3) is 3.60. The monoisotopic (exact) mass is 435 g/mol. The summed E-state index contributed by atoms with van der Waals surface area (Å²) < 4.78 is 0.850. The number of nitrogens with zero attached hydrogens (tertiary/aromatic N) is 1. The molecule has 0 saturated carbocycles. The number of carbonyl (C=O) groups excluding carboxylic acids is 1. The van der Waals surface area contributed by atoms with Crippen LogP contribution < -0.4 is 4.90 Å². The minimum Gasteiger partial charge on any atom is -0.507 e. The Morgan fingerprint density at radius 3 is 2.68 bits per heavy atom. The van der Waals surface area contributed by atoms with E-state index in [1.54, 1.807) is 30.3 Å². The zero-order valence-electron chi connectivity index (χ0n) is 12.5. The van der Waals surface area contributed by atoms with Crippen LogP contribution in [0, 0.1) is 0 Å². The molecule has 1 aliphatic rings. The number of rotatable bonds is 3. The van der Waals surface area contributed by atoms with Crippen molar-refractivity contribution in [1.82, 2.24) is 0 Å². The Morgan fingerprint density at radius 2 is 2.00 bits per heavy atom. The largest absolute Gasteiger partial charge is 0.507 e. The second-order valence-electron chi connectivity index (χ2n) is 5.08. The summed E-state index contributed by atoms with van der Waals surface area (Å²) in [6, 6.07) is 11.0. The first-order valence-electron chi connectivity index (χ1n) is 6.96. The van der Waals surface area contributed by atoms with Gasteiger partial charge in [-0.2, -0.15) is 0 Å². The smallest absolute Gasteiger partial charge is 0.335 e. The van der Waals surface area contributed by atoms with Crippen molar-refractivity contribution in [2.24, 2.45) is 0 Å². The lowest BCUT2D eigenvalue weighted by Crippen LogP contribution is -2.27. The van der Waals surface area contributed by atoms with Crippen molar-refractivity contribution >= 4 is 67.9 Å². The fourth-order valence-electron chi connectivity index (χ4n) is 2.23. The minimum atomic E-state index is -1.07. The molecule has 2 aromatic carbocycles. The van der Waals surface area contributed by atoms with E-state index >= 15 is 0 Å². The first kappa shape index (κ1) is 17.7. The van der Waals surface area contributed by atoms with E-state index in [1.807, 2.05) is 0 Å². The summed E-state index contributed by atoms with van der Waals surface area (Å²) in [5.74, 6) is -1.28. The third-order valence-electron chi connectivity index (χ3n) is 3.41. The lowest BCUT2D eigenvalue weighted by Gasteiger charge is -2.14. The van der Waals surface area contributed by atoms with E-state index in [2.05, 4.69) is 15.9 Å². The highest BCUT2D eigenvalue weighted by molar-refractivity contribution is 9.10. The molecule has 2 N–H and O–H groups in total. The number of aromatic carboxylic acids is 1.